The summed E-state index contributed by atoms with van der Waals surface area (Å²) in [6.07, 6.45) is 4.13. The number of aliphatic hydroxyl groups is 2. The molecule has 0 saturated carbocycles. The van der Waals surface area contributed by atoms with E-state index in [0.29, 0.717) is 70.6 Å². The van der Waals surface area contributed by atoms with E-state index in [1.54, 1.807) is 0 Å². The van der Waals surface area contributed by atoms with E-state index in [1.807, 2.05) is 0 Å². The molecule has 0 aromatic rings. The van der Waals surface area contributed by atoms with Crippen molar-refractivity contribution in [3.8, 4) is 0 Å². The molecule has 2 N–H and O–H groups in total. The Labute approximate surface area is 452 Å². The first-order valence-electron chi connectivity index (χ1n) is 30.2. The van der Waals surface area contributed by atoms with Crippen LogP contribution in [0, 0.1) is 23.7 Å². The monoisotopic (exact) mass is 1080 g/mol. The number of ether oxygens (including phenoxy) is 15. The van der Waals surface area contributed by atoms with Gasteiger partial charge in [-0.2, -0.15) is 0 Å². The summed E-state index contributed by atoms with van der Waals surface area (Å²) in [5.74, 6) is -2.66. The maximum absolute atomic E-state index is 14.6. The zero-order valence-corrected chi connectivity index (χ0v) is 45.4. The predicted molar refractivity (Wildman–Crippen MR) is 268 cm³/mol. The SMILES string of the molecule is C=C1C[C@@H]2CC[C@@]34CC5O[C@H]6[C@@H](O3)[C@H]3O[C@H](CC[C@@H]3O[C@H]6[C@H]5O4)CC(=O)O[C@@H]3[C@@H](C)[C@@H]4O[C@@H]5C[C@]6(C[C@@H]7O[C@]8(C[C@H](C)[C@@H]9O[C@H](CCO)[C@H](O)C[C@@H]9O8)C[C@H](C)[C@@H]7O6)O[C@@H]5C[C@@H]4O[C@H]3C[C@H]3O[C@@H](CC[C@@H]1O2)C[C@@H](C)C3=C. The number of rotatable bonds is 2. The molecule has 16 aliphatic rings. The Bertz CT molecular complexity index is 2290. The number of fused-ring (bicyclic) bond motifs is 10. The molecule has 16 saturated heterocycles. The van der Waals surface area contributed by atoms with Gasteiger partial charge in [-0.15, -0.1) is 0 Å². The van der Waals surface area contributed by atoms with Crippen molar-refractivity contribution < 1.29 is 86.1 Å². The number of hydrogen-bond acceptors (Lipinski definition) is 18. The summed E-state index contributed by atoms with van der Waals surface area (Å²) in [5, 5.41) is 20.6. The molecule has 0 aliphatic carbocycles. The van der Waals surface area contributed by atoms with E-state index in [4.69, 9.17) is 71.1 Å². The highest BCUT2D eigenvalue weighted by atomic mass is 16.8. The van der Waals surface area contributed by atoms with E-state index in [1.165, 1.54) is 0 Å². The van der Waals surface area contributed by atoms with Crippen molar-refractivity contribution in [1.29, 1.82) is 0 Å². The average Bonchev–Trinajstić information content (AvgIpc) is 4.34. The molecule has 0 radical (unpaired) electrons. The van der Waals surface area contributed by atoms with Crippen LogP contribution in [0.15, 0.2) is 24.3 Å². The number of hydrogen-bond donors (Lipinski definition) is 2. The number of carbonyl (C=O) groups excluding carboxylic acids is 1. The molecule has 12 bridgehead atoms. The topological polar surface area (TPSA) is 196 Å². The summed E-state index contributed by atoms with van der Waals surface area (Å²) >= 11 is 0. The van der Waals surface area contributed by atoms with Gasteiger partial charge in [0.25, 0.3) is 0 Å². The van der Waals surface area contributed by atoms with Crippen molar-refractivity contribution in [2.24, 2.45) is 23.7 Å². The van der Waals surface area contributed by atoms with Crippen molar-refractivity contribution in [2.45, 2.75) is 307 Å². The molecule has 0 amide bonds. The average molecular weight is 1080 g/mol. The number of esters is 1. The molecule has 3 spiro atoms. The van der Waals surface area contributed by atoms with E-state index < -0.39 is 60.1 Å². The Kier molecular flexibility index (Phi) is 13.2. The van der Waals surface area contributed by atoms with Crippen molar-refractivity contribution in [3.05, 3.63) is 24.3 Å². The summed E-state index contributed by atoms with van der Waals surface area (Å²) < 4.78 is 103. The van der Waals surface area contributed by atoms with Crippen LogP contribution in [0.4, 0.5) is 0 Å². The second-order valence-electron chi connectivity index (χ2n) is 27.0. The second kappa shape index (κ2) is 19.4. The number of aliphatic hydroxyl groups excluding tert-OH is 2. The van der Waals surface area contributed by atoms with Gasteiger partial charge in [-0.1, -0.05) is 40.9 Å². The van der Waals surface area contributed by atoms with Gasteiger partial charge >= 0.3 is 5.97 Å². The lowest BCUT2D eigenvalue weighted by Gasteiger charge is -2.54. The Morgan fingerprint density at radius 1 is 0.494 bits per heavy atom. The maximum Gasteiger partial charge on any atom is 0.308 e. The molecule has 16 heterocycles. The molecule has 428 valence electrons. The van der Waals surface area contributed by atoms with Crippen molar-refractivity contribution in [2.75, 3.05) is 6.61 Å². The highest BCUT2D eigenvalue weighted by molar-refractivity contribution is 5.70. The quantitative estimate of drug-likeness (QED) is 0.257. The zero-order valence-electron chi connectivity index (χ0n) is 45.4. The first-order valence-corrected chi connectivity index (χ1v) is 30.2. The first kappa shape index (κ1) is 52.1. The summed E-state index contributed by atoms with van der Waals surface area (Å²) in [6, 6.07) is 0. The summed E-state index contributed by atoms with van der Waals surface area (Å²) in [7, 11) is 0. The van der Waals surface area contributed by atoms with Crippen molar-refractivity contribution >= 4 is 5.97 Å². The molecule has 1 unspecified atom stereocenters. The smallest absolute Gasteiger partial charge is 0.308 e. The van der Waals surface area contributed by atoms with Gasteiger partial charge in [0.05, 0.1) is 116 Å². The third-order valence-electron chi connectivity index (χ3n) is 21.6. The van der Waals surface area contributed by atoms with Gasteiger partial charge < -0.3 is 81.3 Å². The zero-order chi connectivity index (χ0) is 52.4. The van der Waals surface area contributed by atoms with Gasteiger partial charge in [0, 0.05) is 70.3 Å². The fourth-order valence-electron chi connectivity index (χ4n) is 18.0. The van der Waals surface area contributed by atoms with Crippen LogP contribution < -0.4 is 0 Å². The molecule has 16 aliphatic heterocycles. The molecule has 0 aromatic heterocycles. The molecule has 16 rings (SSSR count). The van der Waals surface area contributed by atoms with Crippen LogP contribution in [0.25, 0.3) is 0 Å². The van der Waals surface area contributed by atoms with Crippen LogP contribution in [0.2, 0.25) is 0 Å². The van der Waals surface area contributed by atoms with Crippen LogP contribution in [-0.4, -0.2) is 187 Å². The van der Waals surface area contributed by atoms with Gasteiger partial charge in [0.1, 0.15) is 36.6 Å². The lowest BCUT2D eigenvalue weighted by molar-refractivity contribution is -0.371. The third-order valence-corrected chi connectivity index (χ3v) is 21.6. The van der Waals surface area contributed by atoms with E-state index in [0.717, 1.165) is 49.7 Å². The highest BCUT2D eigenvalue weighted by Crippen LogP contribution is 2.58. The summed E-state index contributed by atoms with van der Waals surface area (Å²) in [4.78, 5) is 14.6. The molecule has 31 atom stereocenters. The largest absolute Gasteiger partial charge is 0.459 e. The minimum atomic E-state index is -0.908. The van der Waals surface area contributed by atoms with Crippen LogP contribution >= 0.6 is 0 Å². The minimum Gasteiger partial charge on any atom is -0.459 e. The molecule has 18 heteroatoms. The van der Waals surface area contributed by atoms with Crippen LogP contribution in [0.1, 0.15) is 143 Å². The fourth-order valence-corrected chi connectivity index (χ4v) is 18.0. The van der Waals surface area contributed by atoms with Gasteiger partial charge in [0.2, 0.25) is 0 Å². The van der Waals surface area contributed by atoms with Gasteiger partial charge in [-0.05, 0) is 80.3 Å². The second-order valence-corrected chi connectivity index (χ2v) is 27.0. The molecule has 16 fully saturated rings. The Morgan fingerprint density at radius 2 is 1.17 bits per heavy atom. The lowest BCUT2D eigenvalue weighted by Crippen LogP contribution is -2.62. The van der Waals surface area contributed by atoms with Gasteiger partial charge in [-0.25, -0.2) is 0 Å². The van der Waals surface area contributed by atoms with Crippen molar-refractivity contribution in [3.63, 3.8) is 0 Å². The van der Waals surface area contributed by atoms with Crippen LogP contribution in [-0.2, 0) is 75.8 Å². The molecule has 18 nitrogen and oxygen atoms in total. The van der Waals surface area contributed by atoms with Crippen LogP contribution in [0.3, 0.4) is 0 Å². The molecular weight excluding hydrogens is 997 g/mol. The van der Waals surface area contributed by atoms with E-state index in [2.05, 4.69) is 40.9 Å². The summed E-state index contributed by atoms with van der Waals surface area (Å²) in [6.45, 7) is 17.8. The summed E-state index contributed by atoms with van der Waals surface area (Å²) in [5.41, 5.74) is 2.16. The third kappa shape index (κ3) is 8.95. The Balaban J connectivity index is 0.664. The fraction of sp³-hybridized carbons (Fsp3) is 0.915. The predicted octanol–water partition coefficient (Wildman–Crippen LogP) is 5.56. The van der Waals surface area contributed by atoms with E-state index >= 15 is 0 Å². The van der Waals surface area contributed by atoms with E-state index in [9.17, 15) is 15.0 Å². The lowest BCUT2D eigenvalue weighted by atomic mass is 9.78. The molecular formula is C59H84O18. The maximum atomic E-state index is 14.6. The Morgan fingerprint density at radius 3 is 2.03 bits per heavy atom. The van der Waals surface area contributed by atoms with Crippen LogP contribution in [0.5, 0.6) is 0 Å². The first-order chi connectivity index (χ1) is 37.1. The molecule has 0 aromatic carbocycles. The Hall–Kier alpha value is -1.69. The molecule has 77 heavy (non-hydrogen) atoms. The number of carbonyl (C=O) groups is 1. The highest BCUT2D eigenvalue weighted by Gasteiger charge is 2.70. The van der Waals surface area contributed by atoms with Crippen molar-refractivity contribution in [1.82, 2.24) is 0 Å². The normalized spacial score (nSPS) is 58.6. The van der Waals surface area contributed by atoms with Gasteiger partial charge in [0.15, 0.2) is 17.4 Å². The minimum absolute atomic E-state index is 0.0122. The standard InChI is InChI=1S/C59H84O18/c1-26-15-32-7-9-36-27(2)16-34(63-36)11-13-57-24-45-53(76-57)54-55(70-45)56(77-57)52-38(68-54)10-8-33(65-52)17-47(62)71-51-31(6)50-42(66-41(51)19-39(64-32)30(26)5)20-40-44(69-50)23-59(72-40)25-46-49(75-59)29(4)22-58(74-46)21-28(3)48-43(73-58)18-35(61)37(67-48)12-14-60/h26,28-29,31-46,48-56,60-61H,2,5,7-25H2,1,3-4,6H3/t26-,28+,29+,31+,32+,33-,34+,35-,36+,37-,38+,39-,40-,41+,42+,43+,44-,45?,46+,48+,49+,50+,51-,52+,53+,54+,55-,56+,57+,58-,59+/m1/s1. The van der Waals surface area contributed by atoms with E-state index in [-0.39, 0.29) is 146 Å². The van der Waals surface area contributed by atoms with Gasteiger partial charge in [-0.3, -0.25) is 4.79 Å².